The Labute approximate surface area is 255 Å². The van der Waals surface area contributed by atoms with Crippen LogP contribution in [0.15, 0.2) is 46.9 Å². The van der Waals surface area contributed by atoms with Crippen molar-refractivity contribution >= 4 is 11.8 Å². The highest BCUT2D eigenvalue weighted by Crippen LogP contribution is 2.47. The van der Waals surface area contributed by atoms with Gasteiger partial charge in [-0.05, 0) is 65.0 Å². The first-order valence-electron chi connectivity index (χ1n) is 13.8. The number of ether oxygens (including phenoxy) is 3. The number of aliphatic hydroxyl groups excluding tert-OH is 1. The number of carbonyl (C=O) groups is 1. The van der Waals surface area contributed by atoms with E-state index >= 15 is 0 Å². The molecule has 2 aromatic rings. The Morgan fingerprint density at radius 3 is 2.51 bits per heavy atom. The van der Waals surface area contributed by atoms with Crippen LogP contribution in [-0.4, -0.2) is 57.5 Å². The fourth-order valence-corrected chi connectivity index (χ4v) is 4.18. The second-order valence-electron chi connectivity index (χ2n) is 11.0. The van der Waals surface area contributed by atoms with Crippen LogP contribution in [0.1, 0.15) is 64.8 Å². The molecule has 16 heteroatoms. The van der Waals surface area contributed by atoms with Gasteiger partial charge in [-0.25, -0.2) is 9.78 Å². The number of fused-ring (bicyclic) bond motifs is 5. The zero-order valence-electron chi connectivity index (χ0n) is 25.0. The molecular weight excluding hydrogens is 614 g/mol. The Kier molecular flexibility index (Phi) is 11.1. The monoisotopic (exact) mass is 648 g/mol. The maximum Gasteiger partial charge on any atom is 0.426 e. The Hall–Kier alpha value is -3.92. The zero-order valence-corrected chi connectivity index (χ0v) is 25.0. The van der Waals surface area contributed by atoms with Crippen molar-refractivity contribution < 1.29 is 54.9 Å². The number of halogens is 6. The summed E-state index contributed by atoms with van der Waals surface area (Å²) >= 11 is 0. The van der Waals surface area contributed by atoms with Gasteiger partial charge in [0.15, 0.2) is 5.69 Å². The van der Waals surface area contributed by atoms with E-state index in [-0.39, 0.29) is 19.4 Å². The second kappa shape index (κ2) is 14.0. The quantitative estimate of drug-likeness (QED) is 0.245. The van der Waals surface area contributed by atoms with Crippen LogP contribution in [0.3, 0.4) is 0 Å². The fourth-order valence-electron chi connectivity index (χ4n) is 4.18. The largest absolute Gasteiger partial charge is 0.477 e. The van der Waals surface area contributed by atoms with Crippen LogP contribution >= 0.6 is 0 Å². The maximum atomic E-state index is 15.0. The van der Waals surface area contributed by atoms with E-state index in [0.717, 1.165) is 0 Å². The number of rotatable bonds is 6. The Morgan fingerprint density at radius 1 is 1.20 bits per heavy atom. The van der Waals surface area contributed by atoms with E-state index in [4.69, 9.17) is 18.6 Å². The van der Waals surface area contributed by atoms with Gasteiger partial charge in [-0.15, -0.1) is 10.2 Å². The molecule has 0 saturated heterocycles. The van der Waals surface area contributed by atoms with Crippen LogP contribution in [0.25, 0.3) is 11.6 Å². The van der Waals surface area contributed by atoms with Crippen LogP contribution in [0.4, 0.5) is 36.8 Å². The van der Waals surface area contributed by atoms with Crippen molar-refractivity contribution in [3.8, 4) is 17.5 Å². The molecule has 0 spiro atoms. The minimum atomic E-state index is -5.17. The van der Waals surface area contributed by atoms with Crippen molar-refractivity contribution in [2.75, 3.05) is 18.5 Å². The lowest BCUT2D eigenvalue weighted by Crippen LogP contribution is -2.46. The molecule has 0 aromatic carbocycles. The highest BCUT2D eigenvalue weighted by atomic mass is 19.4. The predicted octanol–water partition coefficient (Wildman–Crippen LogP) is 7.27. The average molecular weight is 649 g/mol. The lowest BCUT2D eigenvalue weighted by atomic mass is 9.93. The Morgan fingerprint density at radius 2 is 1.91 bits per heavy atom. The number of anilines is 1. The number of hydrogen-bond donors (Lipinski definition) is 2. The van der Waals surface area contributed by atoms with Gasteiger partial charge in [-0.3, -0.25) is 5.32 Å². The number of aliphatic hydroxyl groups is 1. The molecule has 0 fully saturated rings. The van der Waals surface area contributed by atoms with Crippen molar-refractivity contribution in [2.45, 2.75) is 83.0 Å². The third-order valence-electron chi connectivity index (χ3n) is 6.41. The molecule has 1 amide bonds. The number of amides is 1. The molecule has 10 nitrogen and oxygen atoms in total. The lowest BCUT2D eigenvalue weighted by Gasteiger charge is -2.33. The van der Waals surface area contributed by atoms with Gasteiger partial charge in [0.1, 0.15) is 11.2 Å². The topological polar surface area (TPSA) is 129 Å². The summed E-state index contributed by atoms with van der Waals surface area (Å²) in [4.78, 5) is 16.4. The summed E-state index contributed by atoms with van der Waals surface area (Å²) < 4.78 is 108. The molecule has 2 atom stereocenters. The van der Waals surface area contributed by atoms with Gasteiger partial charge in [0, 0.05) is 0 Å². The van der Waals surface area contributed by atoms with Crippen molar-refractivity contribution in [1.29, 1.82) is 0 Å². The molecule has 0 saturated carbocycles. The predicted molar refractivity (Wildman–Crippen MR) is 149 cm³/mol. The van der Waals surface area contributed by atoms with Crippen molar-refractivity contribution in [3.05, 3.63) is 54.0 Å². The van der Waals surface area contributed by atoms with Gasteiger partial charge >= 0.3 is 18.4 Å². The summed E-state index contributed by atoms with van der Waals surface area (Å²) in [5.41, 5.74) is -6.62. The smallest absolute Gasteiger partial charge is 0.426 e. The van der Waals surface area contributed by atoms with E-state index in [1.54, 1.807) is 6.92 Å². The summed E-state index contributed by atoms with van der Waals surface area (Å²) in [7, 11) is 0. The number of allylic oxidation sites excluding steroid dienone is 3. The summed E-state index contributed by atoms with van der Waals surface area (Å²) in [5, 5.41) is 19.8. The molecule has 0 aliphatic carbocycles. The van der Waals surface area contributed by atoms with E-state index in [1.165, 1.54) is 45.1 Å². The maximum absolute atomic E-state index is 15.0. The van der Waals surface area contributed by atoms with Gasteiger partial charge in [0.25, 0.3) is 11.8 Å². The number of alkyl halides is 6. The first-order chi connectivity index (χ1) is 20.9. The minimum Gasteiger partial charge on any atom is -0.477 e. The molecular formula is C29H34F6N4O6. The Balaban J connectivity index is 2.25. The van der Waals surface area contributed by atoms with Crippen molar-refractivity contribution in [1.82, 2.24) is 15.2 Å². The van der Waals surface area contributed by atoms with E-state index in [9.17, 15) is 36.2 Å². The van der Waals surface area contributed by atoms with Gasteiger partial charge in [0.2, 0.25) is 11.5 Å². The van der Waals surface area contributed by atoms with Crippen LogP contribution < -0.4 is 10.1 Å². The van der Waals surface area contributed by atoms with E-state index in [2.05, 4.69) is 27.1 Å². The molecule has 2 N–H and O–H groups in total. The van der Waals surface area contributed by atoms with Crippen molar-refractivity contribution in [3.63, 3.8) is 0 Å². The van der Waals surface area contributed by atoms with Gasteiger partial charge in [-0.2, -0.15) is 26.3 Å². The average Bonchev–Trinajstić information content (AvgIpc) is 3.40. The molecule has 2 unspecified atom stereocenters. The summed E-state index contributed by atoms with van der Waals surface area (Å²) in [6.07, 6.45) is -8.22. The minimum absolute atomic E-state index is 0.0271. The van der Waals surface area contributed by atoms with Crippen LogP contribution in [-0.2, 0) is 21.3 Å². The second-order valence-corrected chi connectivity index (χ2v) is 11.0. The molecule has 1 aliphatic heterocycles. The lowest BCUT2D eigenvalue weighted by molar-refractivity contribution is -0.294. The number of pyridine rings is 1. The highest BCUT2D eigenvalue weighted by Gasteiger charge is 2.61. The number of nitrogens with zero attached hydrogens (tertiary/aromatic N) is 3. The zero-order chi connectivity index (χ0) is 33.6. The first kappa shape index (κ1) is 35.6. The molecule has 1 aliphatic rings. The highest BCUT2D eigenvalue weighted by molar-refractivity contribution is 5.89. The third-order valence-corrected chi connectivity index (χ3v) is 6.41. The summed E-state index contributed by atoms with van der Waals surface area (Å²) in [6.45, 7) is 8.70. The van der Waals surface area contributed by atoms with Crippen LogP contribution in [0, 0.1) is 0 Å². The molecule has 4 bridgehead atoms. The number of aromatic nitrogens is 3. The fraction of sp³-hybridized carbons (Fsp3) is 0.517. The molecule has 0 radical (unpaired) electrons. The molecule has 3 heterocycles. The molecule has 248 valence electrons. The molecule has 2 aromatic heterocycles. The van der Waals surface area contributed by atoms with Crippen LogP contribution in [0.2, 0.25) is 0 Å². The number of nitrogens with one attached hydrogen (secondary N) is 1. The number of hydrogen-bond acceptors (Lipinski definition) is 9. The first-order valence-corrected chi connectivity index (χ1v) is 13.8. The summed E-state index contributed by atoms with van der Waals surface area (Å²) in [5.74, 6) is -2.82. The normalized spacial score (nSPS) is 20.3. The van der Waals surface area contributed by atoms with Crippen molar-refractivity contribution in [2.24, 2.45) is 0 Å². The third kappa shape index (κ3) is 9.06. The number of carbonyl (C=O) groups excluding carboxylic acids is 1. The molecule has 3 rings (SSSR count). The van der Waals surface area contributed by atoms with Gasteiger partial charge < -0.3 is 23.7 Å². The van der Waals surface area contributed by atoms with E-state index in [1.807, 2.05) is 0 Å². The van der Waals surface area contributed by atoms with E-state index in [0.29, 0.717) is 11.6 Å². The SMILES string of the molecule is C=C/C=C\C(=C/C)COC1(C(F)(F)F)CCC(O)CCCOc2nc(c(NC(=O)OC(C)(C)C)cc2C(F)(F)F)-c2nnc1o2. The standard InChI is InChI=1S/C29H34F6N4O6/c1-6-8-10-17(7-2)16-43-27(29(33,34)35)13-12-18(40)11-9-14-42-22-19(28(30,31)32)15-20(36-25(41)45-26(3,4)5)21(37-22)23-38-39-24(27)44-23/h6-8,10,15,18,40H,1,9,11-14,16H2,2-5H3,(H,36,41)/b10-8-,17-7+. The molecule has 45 heavy (non-hydrogen) atoms. The van der Waals surface area contributed by atoms with Gasteiger partial charge in [0.05, 0.1) is 25.0 Å². The Bertz CT molecular complexity index is 1410. The van der Waals surface area contributed by atoms with Crippen LogP contribution in [0.5, 0.6) is 5.88 Å². The summed E-state index contributed by atoms with van der Waals surface area (Å²) in [6, 6.07) is 0.476. The van der Waals surface area contributed by atoms with Gasteiger partial charge in [-0.1, -0.05) is 30.9 Å². The van der Waals surface area contributed by atoms with E-state index < -0.39 is 89.8 Å².